The Morgan fingerprint density at radius 2 is 1.65 bits per heavy atom. The van der Waals surface area contributed by atoms with Gasteiger partial charge in [-0.25, -0.2) is 8.42 Å². The maximum Gasteiger partial charge on any atom is 0.377 e. The first-order chi connectivity index (χ1) is 19.1. The van der Waals surface area contributed by atoms with Gasteiger partial charge in [0.2, 0.25) is 10.0 Å². The van der Waals surface area contributed by atoms with Gasteiger partial charge >= 0.3 is 7.48 Å². The number of hydrogen-bond acceptors (Lipinski definition) is 8. The van der Waals surface area contributed by atoms with Crippen molar-refractivity contribution >= 4 is 29.6 Å². The zero-order chi connectivity index (χ0) is 29.1. The molecule has 1 radical (unpaired) electrons. The predicted octanol–water partition coefficient (Wildman–Crippen LogP) is 4.46. The summed E-state index contributed by atoms with van der Waals surface area (Å²) in [6, 6.07) is 21.8. The zero-order valence-electron chi connectivity index (χ0n) is 22.4. The first kappa shape index (κ1) is 30.8. The Balaban J connectivity index is 1.73. The molecule has 10 nitrogen and oxygen atoms in total. The van der Waals surface area contributed by atoms with Crippen molar-refractivity contribution in [1.29, 1.82) is 5.41 Å². The fourth-order valence-corrected chi connectivity index (χ4v) is 5.68. The van der Waals surface area contributed by atoms with E-state index in [1.54, 1.807) is 0 Å². The van der Waals surface area contributed by atoms with Gasteiger partial charge in [0, 0.05) is 31.0 Å². The molecule has 0 aromatic heterocycles. The second-order valence-electron chi connectivity index (χ2n) is 9.71. The van der Waals surface area contributed by atoms with Crippen LogP contribution in [0.15, 0.2) is 83.8 Å². The number of ether oxygens (including phenoxy) is 1. The van der Waals surface area contributed by atoms with E-state index in [0.717, 1.165) is 29.7 Å². The van der Waals surface area contributed by atoms with E-state index in [1.165, 1.54) is 23.9 Å². The molecule has 0 fully saturated rings. The van der Waals surface area contributed by atoms with E-state index in [0.29, 0.717) is 18.8 Å². The van der Waals surface area contributed by atoms with Crippen LogP contribution >= 0.6 is 0 Å². The van der Waals surface area contributed by atoms with Crippen LogP contribution in [0.1, 0.15) is 25.0 Å². The number of aliphatic hydroxyl groups is 1. The highest BCUT2D eigenvalue weighted by Gasteiger charge is 2.32. The van der Waals surface area contributed by atoms with Gasteiger partial charge in [0.15, 0.2) is 0 Å². The smallest absolute Gasteiger partial charge is 0.377 e. The number of rotatable bonds is 16. The van der Waals surface area contributed by atoms with Gasteiger partial charge in [-0.15, -0.1) is 0 Å². The number of non-ortho nitro benzene ring substituents is 1. The number of sulfonamides is 1. The summed E-state index contributed by atoms with van der Waals surface area (Å²) in [4.78, 5) is 10.3. The Labute approximate surface area is 235 Å². The Bertz CT molecular complexity index is 1340. The Kier molecular flexibility index (Phi) is 11.2. The summed E-state index contributed by atoms with van der Waals surface area (Å²) in [5.74, 6) is -0.00941. The average molecular weight is 566 g/mol. The molecule has 2 atom stereocenters. The van der Waals surface area contributed by atoms with Crippen molar-refractivity contribution in [2.45, 2.75) is 43.7 Å². The first-order valence-electron chi connectivity index (χ1n) is 12.8. The monoisotopic (exact) mass is 566 g/mol. The van der Waals surface area contributed by atoms with Crippen molar-refractivity contribution in [2.75, 3.05) is 13.1 Å². The molecule has 0 aliphatic carbocycles. The molecule has 0 saturated carbocycles. The lowest BCUT2D eigenvalue weighted by Gasteiger charge is -2.29. The minimum atomic E-state index is -4.06. The molecule has 0 heterocycles. The van der Waals surface area contributed by atoms with Gasteiger partial charge in [0.1, 0.15) is 18.8 Å². The molecule has 0 bridgehead atoms. The molecule has 12 heteroatoms. The average Bonchev–Trinajstić information content (AvgIpc) is 2.94. The maximum absolute atomic E-state index is 13.4. The molecule has 0 saturated heterocycles. The lowest BCUT2D eigenvalue weighted by Crippen LogP contribution is -2.42. The number of nitrogens with zero attached hydrogens (tertiary/aromatic N) is 2. The third-order valence-electron chi connectivity index (χ3n) is 6.10. The Morgan fingerprint density at radius 1 is 1.00 bits per heavy atom. The Morgan fingerprint density at radius 3 is 2.23 bits per heavy atom. The summed E-state index contributed by atoms with van der Waals surface area (Å²) in [6.07, 6.45) is -0.110. The van der Waals surface area contributed by atoms with Crippen LogP contribution in [0, 0.1) is 21.4 Å². The van der Waals surface area contributed by atoms with Crippen LogP contribution in [0.4, 0.5) is 5.69 Å². The molecule has 3 aromatic rings. The summed E-state index contributed by atoms with van der Waals surface area (Å²) >= 11 is 0. The van der Waals surface area contributed by atoms with E-state index in [2.05, 4.69) is 0 Å². The SMILES string of the molecule is CC(C)CN(CC(O)[C@@H]([B]OC=N)Cc1ccc(OCc2ccccc2)cc1)S(=O)(=O)c1ccc([N+](=O)[O-])cc1. The highest BCUT2D eigenvalue weighted by Crippen LogP contribution is 2.25. The fourth-order valence-electron chi connectivity index (χ4n) is 4.06. The van der Waals surface area contributed by atoms with E-state index in [4.69, 9.17) is 14.8 Å². The molecule has 40 heavy (non-hydrogen) atoms. The second kappa shape index (κ2) is 14.6. The van der Waals surface area contributed by atoms with Crippen LogP contribution in [0.3, 0.4) is 0 Å². The minimum absolute atomic E-state index is 0.0521. The largest absolute Gasteiger partial charge is 0.555 e. The van der Waals surface area contributed by atoms with Gasteiger partial charge in [-0.2, -0.15) is 4.31 Å². The van der Waals surface area contributed by atoms with Crippen LogP contribution in [0.5, 0.6) is 5.75 Å². The van der Waals surface area contributed by atoms with E-state index >= 15 is 0 Å². The van der Waals surface area contributed by atoms with Gasteiger partial charge in [-0.1, -0.05) is 56.3 Å². The van der Waals surface area contributed by atoms with Crippen LogP contribution in [0.2, 0.25) is 5.82 Å². The lowest BCUT2D eigenvalue weighted by atomic mass is 9.72. The molecule has 0 aliphatic rings. The summed E-state index contributed by atoms with van der Waals surface area (Å²) in [5, 5.41) is 29.4. The van der Waals surface area contributed by atoms with Crippen LogP contribution < -0.4 is 4.74 Å². The van der Waals surface area contributed by atoms with Crippen LogP contribution in [-0.4, -0.2) is 55.8 Å². The highest BCUT2D eigenvalue weighted by molar-refractivity contribution is 7.89. The summed E-state index contributed by atoms with van der Waals surface area (Å²) in [5.41, 5.74) is 1.68. The number of aliphatic hydroxyl groups excluding tert-OH is 1. The van der Waals surface area contributed by atoms with E-state index in [-0.39, 0.29) is 29.6 Å². The van der Waals surface area contributed by atoms with Crippen LogP contribution in [0.25, 0.3) is 0 Å². The summed E-state index contributed by atoms with van der Waals surface area (Å²) in [6.45, 7) is 4.03. The molecular weight excluding hydrogens is 533 g/mol. The molecule has 0 amide bonds. The fraction of sp³-hybridized carbons (Fsp3) is 0.321. The van der Waals surface area contributed by atoms with Gasteiger partial charge < -0.3 is 14.5 Å². The predicted molar refractivity (Wildman–Crippen MR) is 153 cm³/mol. The molecule has 0 spiro atoms. The van der Waals surface area contributed by atoms with Gasteiger partial charge in [-0.3, -0.25) is 15.5 Å². The second-order valence-corrected chi connectivity index (χ2v) is 11.6. The molecule has 3 aromatic carbocycles. The summed E-state index contributed by atoms with van der Waals surface area (Å²) in [7, 11) is -2.74. The van der Waals surface area contributed by atoms with Gasteiger partial charge in [-0.05, 0) is 47.7 Å². The van der Waals surface area contributed by atoms with Crippen molar-refractivity contribution in [3.63, 3.8) is 0 Å². The van der Waals surface area contributed by atoms with E-state index < -0.39 is 26.9 Å². The quantitative estimate of drug-likeness (QED) is 0.0857. The number of nitrogens with one attached hydrogen (secondary N) is 1. The van der Waals surface area contributed by atoms with Crippen molar-refractivity contribution in [2.24, 2.45) is 5.92 Å². The van der Waals surface area contributed by atoms with Crippen LogP contribution in [-0.2, 0) is 27.7 Å². The van der Waals surface area contributed by atoms with Gasteiger partial charge in [0.05, 0.1) is 15.9 Å². The third-order valence-corrected chi connectivity index (χ3v) is 7.95. The topological polar surface area (TPSA) is 143 Å². The van der Waals surface area contributed by atoms with Crippen molar-refractivity contribution in [3.05, 3.63) is 100 Å². The van der Waals surface area contributed by atoms with Crippen molar-refractivity contribution in [1.82, 2.24) is 4.31 Å². The minimum Gasteiger partial charge on any atom is -0.555 e. The van der Waals surface area contributed by atoms with E-state index in [9.17, 15) is 23.6 Å². The zero-order valence-corrected chi connectivity index (χ0v) is 23.2. The Hall–Kier alpha value is -3.74. The molecule has 0 aliphatic heterocycles. The first-order valence-corrected chi connectivity index (χ1v) is 14.2. The normalized spacial score (nSPS) is 13.0. The maximum atomic E-state index is 13.4. The number of hydrogen-bond donors (Lipinski definition) is 2. The van der Waals surface area contributed by atoms with Gasteiger partial charge in [0.25, 0.3) is 5.69 Å². The number of benzene rings is 3. The number of nitro groups is 1. The summed E-state index contributed by atoms with van der Waals surface area (Å²) < 4.78 is 38.9. The van der Waals surface area contributed by atoms with E-state index in [1.807, 2.05) is 68.4 Å². The number of nitro benzene ring substituents is 1. The molecule has 2 N–H and O–H groups in total. The molecule has 1 unspecified atom stereocenters. The van der Waals surface area contributed by atoms with Crippen molar-refractivity contribution in [3.8, 4) is 5.75 Å². The standard InChI is InChI=1S/C28H33BN3O7S/c1-21(2)17-31(40(36,37)26-14-10-24(11-15-26)32(34)35)18-28(33)27(29-39-20-30)16-22-8-12-25(13-9-22)38-19-23-6-4-3-5-7-23/h3-15,20-21,27-28,30,33H,16-19H2,1-2H3/t27-,28?/m0/s1. The molecule has 3 rings (SSSR count). The highest BCUT2D eigenvalue weighted by atomic mass is 32.2. The lowest BCUT2D eigenvalue weighted by molar-refractivity contribution is -0.384. The molecule has 211 valence electrons. The third kappa shape index (κ3) is 8.90. The van der Waals surface area contributed by atoms with Crippen molar-refractivity contribution < 1.29 is 27.8 Å². The molecular formula is C28H33BN3O7S.